The Morgan fingerprint density at radius 1 is 0.621 bits per heavy atom. The Hall–Kier alpha value is -3.30. The molecule has 0 atom stereocenters. The predicted octanol–water partition coefficient (Wildman–Crippen LogP) is -2.47. The van der Waals surface area contributed by atoms with Crippen LogP contribution in [0.1, 0.15) is 56.4 Å². The van der Waals surface area contributed by atoms with Gasteiger partial charge in [-0.25, -0.2) is 17.5 Å². The number of hydrogen-bond donors (Lipinski definition) is 9. The Kier molecular flexibility index (Phi) is 45.6. The Morgan fingerprint density at radius 2 is 0.862 bits per heavy atom. The molecule has 176 valence electrons. The maximum atomic E-state index is 10.7. The van der Waals surface area contributed by atoms with Crippen LogP contribution in [0.4, 0.5) is 0 Å². The summed E-state index contributed by atoms with van der Waals surface area (Å²) < 4.78 is 0. The first-order valence-corrected chi connectivity index (χ1v) is 6.23. The van der Waals surface area contributed by atoms with Gasteiger partial charge in [0.15, 0.2) is 0 Å². The third-order valence-corrected chi connectivity index (χ3v) is 1.50. The van der Waals surface area contributed by atoms with Crippen LogP contribution < -0.4 is 44.7 Å². The summed E-state index contributed by atoms with van der Waals surface area (Å²) in [5.41, 5.74) is 9.33. The lowest BCUT2D eigenvalue weighted by atomic mass is 10.4. The van der Waals surface area contributed by atoms with Crippen molar-refractivity contribution in [2.75, 3.05) is 0 Å². The highest BCUT2D eigenvalue weighted by molar-refractivity contribution is 5.97. The minimum atomic E-state index is -0.833. The lowest BCUT2D eigenvalue weighted by molar-refractivity contribution is -0.134. The summed E-state index contributed by atoms with van der Waals surface area (Å²) in [7, 11) is 0. The van der Waals surface area contributed by atoms with Crippen molar-refractivity contribution in [3.8, 4) is 0 Å². The van der Waals surface area contributed by atoms with Crippen molar-refractivity contribution in [1.82, 2.24) is 27.1 Å². The van der Waals surface area contributed by atoms with E-state index in [1.165, 1.54) is 6.92 Å². The number of carboxylic acid groups (broad SMARTS) is 1. The number of nitrogens with two attached hydrogens (primary N) is 3. The van der Waals surface area contributed by atoms with Crippen LogP contribution in [0.3, 0.4) is 0 Å². The molecule has 0 aromatic rings. The van der Waals surface area contributed by atoms with Gasteiger partial charge < -0.3 is 5.11 Å². The molecule has 0 bridgehead atoms. The number of carbonyl (C=O) groups excluding carboxylic acids is 5. The van der Waals surface area contributed by atoms with Crippen LogP contribution in [0.15, 0.2) is 0 Å². The standard InChI is InChI=1S/C5H10N4O3.C3H8N4O2.C2H4O2.4CH4/c1-3(10)8-9-5(12)2-4(11)7-6;4-6-2(8)1-3(9)7-5;1-2(3)4;;;;/h2,6H2,1H3,(H,7,11)(H,8,10)(H,9,12);1,4-5H2,(H,6,8)(H,7,9);1H3,(H,3,4);4*1H4. The molecule has 0 saturated carbocycles. The summed E-state index contributed by atoms with van der Waals surface area (Å²) in [4.78, 5) is 60.8. The van der Waals surface area contributed by atoms with Crippen molar-refractivity contribution in [2.45, 2.75) is 56.4 Å². The van der Waals surface area contributed by atoms with E-state index in [4.69, 9.17) is 15.7 Å². The van der Waals surface area contributed by atoms with Gasteiger partial charge in [0.25, 0.3) is 5.97 Å². The van der Waals surface area contributed by atoms with Crippen LogP contribution >= 0.6 is 0 Å². The van der Waals surface area contributed by atoms with Crippen LogP contribution in [-0.2, 0) is 28.8 Å². The van der Waals surface area contributed by atoms with Crippen molar-refractivity contribution >= 4 is 35.5 Å². The van der Waals surface area contributed by atoms with Crippen molar-refractivity contribution < 1.29 is 33.9 Å². The highest BCUT2D eigenvalue weighted by Crippen LogP contribution is 1.75. The second-order valence-electron chi connectivity index (χ2n) is 3.80. The van der Waals surface area contributed by atoms with Gasteiger partial charge in [-0.15, -0.1) is 0 Å². The van der Waals surface area contributed by atoms with Gasteiger partial charge in [-0.3, -0.25) is 55.9 Å². The summed E-state index contributed by atoms with van der Waals surface area (Å²) in [5.74, 6) is 10.4. The Balaban J connectivity index is -0.0000000514. The van der Waals surface area contributed by atoms with E-state index in [1.807, 2.05) is 10.9 Å². The largest absolute Gasteiger partial charge is 0.481 e. The number of rotatable bonds is 4. The zero-order chi connectivity index (χ0) is 20.4. The molecule has 0 unspecified atom stereocenters. The van der Waals surface area contributed by atoms with Gasteiger partial charge in [0, 0.05) is 13.8 Å². The van der Waals surface area contributed by atoms with E-state index in [9.17, 15) is 24.0 Å². The zero-order valence-electron chi connectivity index (χ0n) is 13.5. The lowest BCUT2D eigenvalue weighted by Crippen LogP contribution is -2.43. The van der Waals surface area contributed by atoms with Gasteiger partial charge >= 0.3 is 0 Å². The van der Waals surface area contributed by atoms with E-state index in [0.717, 1.165) is 6.92 Å². The van der Waals surface area contributed by atoms with Crippen LogP contribution in [-0.4, -0.2) is 40.6 Å². The first-order chi connectivity index (χ1) is 11.5. The van der Waals surface area contributed by atoms with Crippen molar-refractivity contribution in [3.63, 3.8) is 0 Å². The minimum absolute atomic E-state index is 0. The highest BCUT2D eigenvalue weighted by Gasteiger charge is 2.06. The first kappa shape index (κ1) is 44.8. The van der Waals surface area contributed by atoms with Gasteiger partial charge in [0.2, 0.25) is 29.5 Å². The van der Waals surface area contributed by atoms with Gasteiger partial charge in [0.05, 0.1) is 0 Å². The fourth-order valence-corrected chi connectivity index (χ4v) is 0.647. The summed E-state index contributed by atoms with van der Waals surface area (Å²) >= 11 is 0. The molecule has 15 nitrogen and oxygen atoms in total. The maximum Gasteiger partial charge on any atom is 0.300 e. The van der Waals surface area contributed by atoms with Crippen LogP contribution in [0, 0.1) is 0 Å². The van der Waals surface area contributed by atoms with Crippen molar-refractivity contribution in [2.24, 2.45) is 17.5 Å². The average Bonchev–Trinajstić information content (AvgIpc) is 2.52. The smallest absolute Gasteiger partial charge is 0.300 e. The quantitative estimate of drug-likeness (QED) is 0.0981. The topological polar surface area (TPSA) is 261 Å². The molecule has 5 amide bonds. The van der Waals surface area contributed by atoms with Gasteiger partial charge in [-0.1, -0.05) is 29.7 Å². The Bertz CT molecular complexity index is 469. The molecule has 0 aliphatic rings. The molecular weight excluding hydrogens is 392 g/mol. The van der Waals surface area contributed by atoms with E-state index in [0.29, 0.717) is 0 Å². The fraction of sp³-hybridized carbons (Fsp3) is 0.571. The number of carboxylic acids is 1. The molecule has 0 rings (SSSR count). The SMILES string of the molecule is C.C.C.C.CC(=O)NNC(=O)CC(=O)NN.CC(=O)O.NNC(=O)CC(=O)NN. The number of hydrazine groups is 4. The second-order valence-corrected chi connectivity index (χ2v) is 3.80. The number of nitrogens with one attached hydrogen (secondary N) is 5. The van der Waals surface area contributed by atoms with Gasteiger partial charge in [-0.05, 0) is 0 Å². The number of hydrogen-bond acceptors (Lipinski definition) is 9. The fourth-order valence-electron chi connectivity index (χ4n) is 0.647. The lowest BCUT2D eigenvalue weighted by Gasteiger charge is -2.03. The molecule has 15 heteroatoms. The monoisotopic (exact) mass is 430 g/mol. The molecule has 0 fully saturated rings. The third kappa shape index (κ3) is 51.6. The molecule has 29 heavy (non-hydrogen) atoms. The molecule has 0 saturated heterocycles. The molecular formula is C14H38N8O7. The van der Waals surface area contributed by atoms with Crippen molar-refractivity contribution in [3.05, 3.63) is 0 Å². The minimum Gasteiger partial charge on any atom is -0.481 e. The average molecular weight is 431 g/mol. The summed E-state index contributed by atoms with van der Waals surface area (Å²) in [6.45, 7) is 2.31. The van der Waals surface area contributed by atoms with Crippen LogP contribution in [0.25, 0.3) is 0 Å². The van der Waals surface area contributed by atoms with Gasteiger partial charge in [-0.2, -0.15) is 0 Å². The normalized spacial score (nSPS) is 6.93. The molecule has 12 N–H and O–H groups in total. The molecule has 0 radical (unpaired) electrons. The zero-order valence-corrected chi connectivity index (χ0v) is 13.5. The molecule has 0 spiro atoms. The summed E-state index contributed by atoms with van der Waals surface area (Å²) in [6.07, 6.45) is -0.760. The highest BCUT2D eigenvalue weighted by atomic mass is 16.4. The third-order valence-electron chi connectivity index (χ3n) is 1.50. The van der Waals surface area contributed by atoms with E-state index in [2.05, 4.69) is 11.7 Å². The maximum absolute atomic E-state index is 10.7. The van der Waals surface area contributed by atoms with Crippen LogP contribution in [0.5, 0.6) is 0 Å². The van der Waals surface area contributed by atoms with E-state index in [-0.39, 0.29) is 36.1 Å². The molecule has 0 heterocycles. The first-order valence-electron chi connectivity index (χ1n) is 6.23. The van der Waals surface area contributed by atoms with E-state index in [1.54, 1.807) is 16.3 Å². The van der Waals surface area contributed by atoms with E-state index < -0.39 is 41.9 Å². The number of amides is 5. The Morgan fingerprint density at radius 3 is 1.07 bits per heavy atom. The Labute approximate surface area is 171 Å². The molecule has 0 aromatic heterocycles. The van der Waals surface area contributed by atoms with Crippen LogP contribution in [0.2, 0.25) is 0 Å². The summed E-state index contributed by atoms with van der Waals surface area (Å²) in [6, 6.07) is 0. The molecule has 0 aliphatic carbocycles. The molecule has 0 aliphatic heterocycles. The molecule has 0 aromatic carbocycles. The number of carbonyl (C=O) groups is 6. The van der Waals surface area contributed by atoms with Gasteiger partial charge in [0.1, 0.15) is 12.8 Å². The summed E-state index contributed by atoms with van der Waals surface area (Å²) in [5, 5.41) is 7.42. The van der Waals surface area contributed by atoms with Crippen molar-refractivity contribution in [1.29, 1.82) is 0 Å². The second kappa shape index (κ2) is 29.5. The predicted molar refractivity (Wildman–Crippen MR) is 108 cm³/mol. The van der Waals surface area contributed by atoms with E-state index >= 15 is 0 Å². The number of aliphatic carboxylic acids is 1.